The van der Waals surface area contributed by atoms with E-state index in [1.807, 2.05) is 44.2 Å². The van der Waals surface area contributed by atoms with Gasteiger partial charge in [0.15, 0.2) is 0 Å². The van der Waals surface area contributed by atoms with Crippen molar-refractivity contribution in [2.45, 2.75) is 54.0 Å². The van der Waals surface area contributed by atoms with Crippen LogP contribution < -0.4 is 16.2 Å². The van der Waals surface area contributed by atoms with Gasteiger partial charge in [0.25, 0.3) is 0 Å². The van der Waals surface area contributed by atoms with Gasteiger partial charge in [0.05, 0.1) is 5.69 Å². The van der Waals surface area contributed by atoms with Crippen LogP contribution in [0.2, 0.25) is 10.0 Å². The predicted octanol–water partition coefficient (Wildman–Crippen LogP) is 6.91. The van der Waals surface area contributed by atoms with Gasteiger partial charge < -0.3 is 10.2 Å². The van der Waals surface area contributed by atoms with E-state index >= 15 is 0 Å². The number of para-hydroxylation sites is 1. The van der Waals surface area contributed by atoms with Crippen LogP contribution in [0, 0.1) is 12.8 Å². The van der Waals surface area contributed by atoms with Crippen molar-refractivity contribution in [1.82, 2.24) is 4.90 Å². The summed E-state index contributed by atoms with van der Waals surface area (Å²) in [5.41, 5.74) is 3.99. The summed E-state index contributed by atoms with van der Waals surface area (Å²) in [4.78, 5) is 25.7. The number of hydrogen-bond acceptors (Lipinski definition) is 4. The molecule has 0 saturated heterocycles. The van der Waals surface area contributed by atoms with Gasteiger partial charge in [0, 0.05) is 40.3 Å². The van der Waals surface area contributed by atoms with Crippen molar-refractivity contribution in [2.75, 3.05) is 18.9 Å². The molecule has 0 aliphatic carbocycles. The van der Waals surface area contributed by atoms with Crippen molar-refractivity contribution in [3.05, 3.63) is 89.1 Å². The zero-order chi connectivity index (χ0) is 24.9. The highest BCUT2D eigenvalue weighted by molar-refractivity contribution is 6.35. The van der Waals surface area contributed by atoms with Crippen LogP contribution in [-0.4, -0.2) is 18.5 Å². The summed E-state index contributed by atoms with van der Waals surface area (Å²) < 4.78 is 0. The summed E-state index contributed by atoms with van der Waals surface area (Å²) in [5.74, 6) is 0.880. The van der Waals surface area contributed by atoms with Crippen molar-refractivity contribution < 1.29 is 0 Å². The van der Waals surface area contributed by atoms with Crippen molar-refractivity contribution in [2.24, 2.45) is 5.92 Å². The first kappa shape index (κ1) is 27.1. The van der Waals surface area contributed by atoms with Crippen LogP contribution in [0.25, 0.3) is 0 Å². The van der Waals surface area contributed by atoms with Crippen LogP contribution in [0.1, 0.15) is 62.8 Å². The van der Waals surface area contributed by atoms with Crippen LogP contribution in [0.15, 0.2) is 46.0 Å². The SMILES string of the molecule is CC.CC(C)C.Cc1c(Nc2ccccc2[C@@H]2CN(C)Cc3c(Cl)cc(Cl)cc32)c(=O)c1=O. The van der Waals surface area contributed by atoms with Crippen molar-refractivity contribution in [3.63, 3.8) is 0 Å². The molecule has 3 aromatic carbocycles. The van der Waals surface area contributed by atoms with E-state index in [1.165, 1.54) is 0 Å². The first-order valence-electron chi connectivity index (χ1n) is 11.4. The molecule has 3 aromatic rings. The van der Waals surface area contributed by atoms with E-state index < -0.39 is 10.9 Å². The van der Waals surface area contributed by atoms with Gasteiger partial charge in [-0.1, -0.05) is 76.0 Å². The minimum absolute atomic E-state index is 0.0467. The fourth-order valence-corrected chi connectivity index (χ4v) is 4.39. The Morgan fingerprint density at radius 3 is 2.21 bits per heavy atom. The number of likely N-dealkylation sites (N-methyl/N-ethyl adjacent to an activating group) is 1. The molecule has 0 radical (unpaired) electrons. The van der Waals surface area contributed by atoms with E-state index in [0.29, 0.717) is 21.3 Å². The molecule has 4 nitrogen and oxygen atoms in total. The molecule has 178 valence electrons. The Hall–Kier alpha value is -2.14. The minimum atomic E-state index is -0.463. The minimum Gasteiger partial charge on any atom is -0.352 e. The number of nitrogens with one attached hydrogen (secondary N) is 1. The second-order valence-corrected chi connectivity index (χ2v) is 9.65. The quantitative estimate of drug-likeness (QED) is 0.407. The third-order valence-corrected chi connectivity index (χ3v) is 5.79. The lowest BCUT2D eigenvalue weighted by atomic mass is 9.84. The number of nitrogens with zero attached hydrogens (tertiary/aromatic N) is 1. The summed E-state index contributed by atoms with van der Waals surface area (Å²) in [6.45, 7) is 13.7. The number of benzene rings is 2. The molecule has 1 N–H and O–H groups in total. The molecule has 0 fully saturated rings. The lowest BCUT2D eigenvalue weighted by Crippen LogP contribution is -2.36. The van der Waals surface area contributed by atoms with Gasteiger partial charge in [-0.05, 0) is 54.8 Å². The van der Waals surface area contributed by atoms with Crippen molar-refractivity contribution in [3.8, 4) is 0 Å². The summed E-state index contributed by atoms with van der Waals surface area (Å²) in [5, 5.41) is 4.45. The average Bonchev–Trinajstić information content (AvgIpc) is 2.78. The molecule has 0 amide bonds. The Balaban J connectivity index is 0.000000582. The van der Waals surface area contributed by atoms with E-state index in [1.54, 1.807) is 13.0 Å². The molecule has 0 spiro atoms. The molecule has 1 heterocycles. The maximum absolute atomic E-state index is 11.9. The maximum Gasteiger partial charge on any atom is 0.249 e. The molecule has 0 bridgehead atoms. The summed E-state index contributed by atoms with van der Waals surface area (Å²) in [7, 11) is 2.05. The van der Waals surface area contributed by atoms with Crippen molar-refractivity contribution in [1.29, 1.82) is 0 Å². The Bertz CT molecular complexity index is 1160. The van der Waals surface area contributed by atoms with Crippen molar-refractivity contribution >= 4 is 34.6 Å². The maximum atomic E-state index is 11.9. The second kappa shape index (κ2) is 11.8. The van der Waals surface area contributed by atoms with Gasteiger partial charge in [-0.3, -0.25) is 9.59 Å². The van der Waals surface area contributed by atoms with E-state index in [-0.39, 0.29) is 5.92 Å². The molecule has 1 atom stereocenters. The number of hydrogen-bond donors (Lipinski definition) is 1. The Morgan fingerprint density at radius 1 is 1.00 bits per heavy atom. The second-order valence-electron chi connectivity index (χ2n) is 8.81. The van der Waals surface area contributed by atoms with E-state index in [2.05, 4.69) is 38.0 Å². The third kappa shape index (κ3) is 6.26. The largest absolute Gasteiger partial charge is 0.352 e. The van der Waals surface area contributed by atoms with Crippen LogP contribution in [0.4, 0.5) is 11.4 Å². The Labute approximate surface area is 207 Å². The van der Waals surface area contributed by atoms with Crippen LogP contribution in [-0.2, 0) is 6.54 Å². The summed E-state index contributed by atoms with van der Waals surface area (Å²) in [6, 6.07) is 11.6. The Kier molecular flexibility index (Phi) is 9.71. The van der Waals surface area contributed by atoms with Gasteiger partial charge >= 0.3 is 0 Å². The lowest BCUT2D eigenvalue weighted by Gasteiger charge is -2.34. The molecule has 1 aliphatic rings. The normalized spacial score (nSPS) is 15.3. The third-order valence-electron chi connectivity index (χ3n) is 5.24. The molecular weight excluding hydrogens is 455 g/mol. The molecular formula is C27H34Cl2N2O2. The van der Waals surface area contributed by atoms with Crippen LogP contribution in [0.3, 0.4) is 0 Å². The Morgan fingerprint density at radius 2 is 1.61 bits per heavy atom. The zero-order valence-corrected chi connectivity index (χ0v) is 22.1. The number of halogens is 2. The number of fused-ring (bicyclic) bond motifs is 1. The number of rotatable bonds is 3. The van der Waals surface area contributed by atoms with E-state index in [4.69, 9.17) is 23.2 Å². The molecule has 0 unspecified atom stereocenters. The van der Waals surface area contributed by atoms with Crippen LogP contribution in [0.5, 0.6) is 0 Å². The zero-order valence-electron chi connectivity index (χ0n) is 20.6. The monoisotopic (exact) mass is 488 g/mol. The average molecular weight is 489 g/mol. The summed E-state index contributed by atoms with van der Waals surface area (Å²) >= 11 is 12.7. The lowest BCUT2D eigenvalue weighted by molar-refractivity contribution is 0.295. The molecule has 0 aromatic heterocycles. The predicted molar refractivity (Wildman–Crippen MR) is 142 cm³/mol. The van der Waals surface area contributed by atoms with E-state index in [9.17, 15) is 9.59 Å². The molecule has 1 aliphatic heterocycles. The molecule has 6 heteroatoms. The number of anilines is 2. The molecule has 0 saturated carbocycles. The smallest absolute Gasteiger partial charge is 0.249 e. The topological polar surface area (TPSA) is 49.4 Å². The van der Waals surface area contributed by atoms with Gasteiger partial charge in [0.1, 0.15) is 0 Å². The standard InChI is InChI=1S/C21H18Cl2N2O2.C4H10.C2H6/c1-11-19(21(27)20(11)26)24-18-6-4-3-5-13(18)15-9-25(2)10-16-14(15)7-12(22)8-17(16)23;1-4(2)3;1-2/h3-8,15,24H,9-10H2,1-2H3;4H,1-3H3;1-2H3/t15-;;/m0../s1. The van der Waals surface area contributed by atoms with E-state index in [0.717, 1.165) is 41.4 Å². The highest BCUT2D eigenvalue weighted by Crippen LogP contribution is 2.41. The first-order chi connectivity index (χ1) is 15.6. The highest BCUT2D eigenvalue weighted by Gasteiger charge is 2.29. The first-order valence-corrected chi connectivity index (χ1v) is 12.2. The summed E-state index contributed by atoms with van der Waals surface area (Å²) in [6.07, 6.45) is 0. The fourth-order valence-electron chi connectivity index (χ4n) is 3.82. The molecule has 4 rings (SSSR count). The molecule has 33 heavy (non-hydrogen) atoms. The highest BCUT2D eigenvalue weighted by atomic mass is 35.5. The van der Waals surface area contributed by atoms with Gasteiger partial charge in [-0.15, -0.1) is 0 Å². The van der Waals surface area contributed by atoms with Crippen LogP contribution >= 0.6 is 23.2 Å². The van der Waals surface area contributed by atoms with Gasteiger partial charge in [0.2, 0.25) is 10.9 Å². The van der Waals surface area contributed by atoms with Gasteiger partial charge in [-0.2, -0.15) is 0 Å². The fraction of sp³-hybridized carbons (Fsp3) is 0.407. The van der Waals surface area contributed by atoms with Gasteiger partial charge in [-0.25, -0.2) is 0 Å².